The number of nitrogens with zero attached hydrogens (tertiary/aromatic N) is 2. The lowest BCUT2D eigenvalue weighted by atomic mass is 10.1. The summed E-state index contributed by atoms with van der Waals surface area (Å²) in [6.07, 6.45) is 4.25. The van der Waals surface area contributed by atoms with Crippen molar-refractivity contribution >= 4 is 27.8 Å². The second kappa shape index (κ2) is 8.02. The summed E-state index contributed by atoms with van der Waals surface area (Å²) in [7, 11) is 1.63. The SMILES string of the molecule is CCCCC(=O)c1ccc(N2Cc3cccc(OC)c3Oc3ncccc32)s1. The first kappa shape index (κ1) is 18.5. The third-order valence-corrected chi connectivity index (χ3v) is 5.89. The van der Waals surface area contributed by atoms with E-state index in [4.69, 9.17) is 9.47 Å². The van der Waals surface area contributed by atoms with Gasteiger partial charge in [0.05, 0.1) is 23.5 Å². The topological polar surface area (TPSA) is 51.7 Å². The summed E-state index contributed by atoms with van der Waals surface area (Å²) in [5, 5.41) is 0.994. The van der Waals surface area contributed by atoms with Crippen LogP contribution in [0.3, 0.4) is 0 Å². The van der Waals surface area contributed by atoms with Gasteiger partial charge < -0.3 is 14.4 Å². The quantitative estimate of drug-likeness (QED) is 0.482. The average Bonchev–Trinajstić information content (AvgIpc) is 3.15. The summed E-state index contributed by atoms with van der Waals surface area (Å²) in [6.45, 7) is 2.70. The minimum absolute atomic E-state index is 0.206. The lowest BCUT2D eigenvalue weighted by molar-refractivity contribution is 0.0983. The van der Waals surface area contributed by atoms with E-state index in [1.165, 1.54) is 11.3 Å². The Kier molecular flexibility index (Phi) is 5.30. The lowest BCUT2D eigenvalue weighted by Gasteiger charge is -2.21. The molecule has 0 unspecified atom stereocenters. The molecule has 3 heterocycles. The molecule has 0 atom stereocenters. The summed E-state index contributed by atoms with van der Waals surface area (Å²) in [5.41, 5.74) is 1.87. The fraction of sp³-hybridized carbons (Fsp3) is 0.273. The molecular formula is C22H22N2O3S. The van der Waals surface area contributed by atoms with E-state index in [-0.39, 0.29) is 5.78 Å². The highest BCUT2D eigenvalue weighted by molar-refractivity contribution is 7.18. The number of methoxy groups -OCH3 is 1. The Morgan fingerprint density at radius 2 is 2.14 bits per heavy atom. The molecule has 5 nitrogen and oxygen atoms in total. The van der Waals surface area contributed by atoms with Gasteiger partial charge in [-0.1, -0.05) is 25.5 Å². The van der Waals surface area contributed by atoms with Gasteiger partial charge >= 0.3 is 0 Å². The van der Waals surface area contributed by atoms with Crippen LogP contribution in [-0.4, -0.2) is 17.9 Å². The molecule has 144 valence electrons. The molecule has 6 heteroatoms. The molecule has 0 N–H and O–H groups in total. The molecular weight excluding hydrogens is 372 g/mol. The predicted molar refractivity (Wildman–Crippen MR) is 111 cm³/mol. The number of rotatable bonds is 6. The monoisotopic (exact) mass is 394 g/mol. The number of ketones is 1. The Hall–Kier alpha value is -2.86. The summed E-state index contributed by atoms with van der Waals surface area (Å²) in [4.78, 5) is 19.8. The third kappa shape index (κ3) is 3.47. The second-order valence-corrected chi connectivity index (χ2v) is 7.69. The highest BCUT2D eigenvalue weighted by Crippen LogP contribution is 2.46. The van der Waals surface area contributed by atoms with Gasteiger partial charge in [0.15, 0.2) is 17.3 Å². The highest BCUT2D eigenvalue weighted by Gasteiger charge is 2.26. The first-order valence-electron chi connectivity index (χ1n) is 9.40. The number of carbonyl (C=O) groups excluding carboxylic acids is 1. The number of aromatic nitrogens is 1. The first-order valence-corrected chi connectivity index (χ1v) is 10.2. The van der Waals surface area contributed by atoms with Gasteiger partial charge in [-0.15, -0.1) is 11.3 Å². The number of ether oxygens (including phenoxy) is 2. The minimum atomic E-state index is 0.206. The summed E-state index contributed by atoms with van der Waals surface area (Å²) >= 11 is 1.52. The number of thiophene rings is 1. The number of hydrogen-bond donors (Lipinski definition) is 0. The van der Waals surface area contributed by atoms with E-state index in [9.17, 15) is 4.79 Å². The fourth-order valence-electron chi connectivity index (χ4n) is 3.26. The van der Waals surface area contributed by atoms with Gasteiger partial charge in [0, 0.05) is 18.2 Å². The summed E-state index contributed by atoms with van der Waals surface area (Å²) in [6, 6.07) is 13.7. The van der Waals surface area contributed by atoms with E-state index < -0.39 is 0 Å². The minimum Gasteiger partial charge on any atom is -0.493 e. The maximum absolute atomic E-state index is 12.4. The van der Waals surface area contributed by atoms with Crippen molar-refractivity contribution in [2.45, 2.75) is 32.7 Å². The van der Waals surface area contributed by atoms with Crippen LogP contribution >= 0.6 is 11.3 Å². The van der Waals surface area contributed by atoms with Crippen molar-refractivity contribution < 1.29 is 14.3 Å². The van der Waals surface area contributed by atoms with Crippen molar-refractivity contribution in [2.75, 3.05) is 12.0 Å². The van der Waals surface area contributed by atoms with E-state index in [0.717, 1.165) is 34.0 Å². The molecule has 1 aliphatic rings. The molecule has 0 radical (unpaired) electrons. The molecule has 0 aliphatic carbocycles. The number of fused-ring (bicyclic) bond motifs is 2. The van der Waals surface area contributed by atoms with Crippen molar-refractivity contribution in [3.63, 3.8) is 0 Å². The van der Waals surface area contributed by atoms with Gasteiger partial charge in [0.1, 0.15) is 5.69 Å². The maximum atomic E-state index is 12.4. The Morgan fingerprint density at radius 3 is 2.96 bits per heavy atom. The Morgan fingerprint density at radius 1 is 1.25 bits per heavy atom. The molecule has 1 aromatic carbocycles. The number of anilines is 2. The normalized spacial score (nSPS) is 12.6. The first-order chi connectivity index (χ1) is 13.7. The smallest absolute Gasteiger partial charge is 0.243 e. The van der Waals surface area contributed by atoms with Crippen molar-refractivity contribution in [3.8, 4) is 17.4 Å². The number of benzene rings is 1. The van der Waals surface area contributed by atoms with Crippen LogP contribution in [-0.2, 0) is 6.54 Å². The number of carbonyl (C=O) groups is 1. The Labute approximate surface area is 168 Å². The van der Waals surface area contributed by atoms with E-state index in [2.05, 4.69) is 16.8 Å². The van der Waals surface area contributed by atoms with Crippen molar-refractivity contribution in [1.82, 2.24) is 4.98 Å². The molecule has 0 fully saturated rings. The van der Waals surface area contributed by atoms with Crippen LogP contribution in [0.5, 0.6) is 17.4 Å². The standard InChI is InChI=1S/C22H22N2O3S/c1-3-4-9-17(25)19-11-12-20(28-19)24-14-15-7-5-10-18(26-2)21(15)27-22-16(24)8-6-13-23-22/h5-8,10-13H,3-4,9,14H2,1-2H3. The third-order valence-electron chi connectivity index (χ3n) is 4.74. The molecule has 2 aromatic heterocycles. The molecule has 0 bridgehead atoms. The zero-order chi connectivity index (χ0) is 19.5. The number of pyridine rings is 1. The molecule has 3 aromatic rings. The zero-order valence-electron chi connectivity index (χ0n) is 16.0. The Balaban J connectivity index is 1.74. The molecule has 0 saturated heterocycles. The number of hydrogen-bond acceptors (Lipinski definition) is 6. The lowest BCUT2D eigenvalue weighted by Crippen LogP contribution is -2.14. The summed E-state index contributed by atoms with van der Waals surface area (Å²) < 4.78 is 11.6. The van der Waals surface area contributed by atoms with E-state index in [1.54, 1.807) is 13.3 Å². The number of unbranched alkanes of at least 4 members (excludes halogenated alkanes) is 1. The van der Waals surface area contributed by atoms with Crippen LogP contribution in [0.15, 0.2) is 48.7 Å². The van der Waals surface area contributed by atoms with Gasteiger partial charge in [0.2, 0.25) is 5.88 Å². The number of para-hydroxylation sites is 1. The van der Waals surface area contributed by atoms with Crippen LogP contribution in [0.25, 0.3) is 0 Å². The molecule has 0 spiro atoms. The van der Waals surface area contributed by atoms with Crippen molar-refractivity contribution in [2.24, 2.45) is 0 Å². The maximum Gasteiger partial charge on any atom is 0.243 e. The average molecular weight is 394 g/mol. The molecule has 4 rings (SSSR count). The van der Waals surface area contributed by atoms with Gasteiger partial charge in [-0.25, -0.2) is 4.98 Å². The van der Waals surface area contributed by atoms with Crippen LogP contribution in [0.2, 0.25) is 0 Å². The zero-order valence-corrected chi connectivity index (χ0v) is 16.8. The van der Waals surface area contributed by atoms with Crippen LogP contribution < -0.4 is 14.4 Å². The van der Waals surface area contributed by atoms with Crippen molar-refractivity contribution in [3.05, 3.63) is 59.1 Å². The van der Waals surface area contributed by atoms with Gasteiger partial charge in [-0.3, -0.25) is 4.79 Å². The number of Topliss-reactive ketones (excluding diaryl/α,β-unsaturated/α-hetero) is 1. The molecule has 28 heavy (non-hydrogen) atoms. The Bertz CT molecular complexity index is 999. The van der Waals surface area contributed by atoms with E-state index in [1.807, 2.05) is 42.5 Å². The van der Waals surface area contributed by atoms with E-state index in [0.29, 0.717) is 30.3 Å². The molecule has 0 saturated carbocycles. The van der Waals surface area contributed by atoms with Gasteiger partial charge in [-0.05, 0) is 36.8 Å². The largest absolute Gasteiger partial charge is 0.493 e. The van der Waals surface area contributed by atoms with Crippen LogP contribution in [0.1, 0.15) is 41.4 Å². The predicted octanol–water partition coefficient (Wildman–Crippen LogP) is 5.97. The molecule has 0 amide bonds. The fourth-order valence-corrected chi connectivity index (χ4v) is 4.25. The molecule has 1 aliphatic heterocycles. The van der Waals surface area contributed by atoms with E-state index >= 15 is 0 Å². The summed E-state index contributed by atoms with van der Waals surface area (Å²) in [5.74, 6) is 2.09. The van der Waals surface area contributed by atoms with Crippen LogP contribution in [0.4, 0.5) is 10.7 Å². The van der Waals surface area contributed by atoms with Crippen molar-refractivity contribution in [1.29, 1.82) is 0 Å². The highest BCUT2D eigenvalue weighted by atomic mass is 32.1. The van der Waals surface area contributed by atoms with Crippen LogP contribution in [0, 0.1) is 0 Å². The second-order valence-electron chi connectivity index (χ2n) is 6.63. The van der Waals surface area contributed by atoms with Gasteiger partial charge in [-0.2, -0.15) is 0 Å². The van der Waals surface area contributed by atoms with Gasteiger partial charge in [0.25, 0.3) is 0 Å².